The van der Waals surface area contributed by atoms with E-state index in [2.05, 4.69) is 15.3 Å². The summed E-state index contributed by atoms with van der Waals surface area (Å²) in [6, 6.07) is 4.49. The minimum Gasteiger partial charge on any atom is -0.356 e. The van der Waals surface area contributed by atoms with Crippen LogP contribution in [-0.4, -0.2) is 48.0 Å². The second-order valence-corrected chi connectivity index (χ2v) is 6.43. The maximum atomic E-state index is 13.7. The molecule has 0 atom stereocenters. The fourth-order valence-electron chi connectivity index (χ4n) is 3.28. The number of nitrogens with one attached hydrogen (secondary N) is 1. The summed E-state index contributed by atoms with van der Waals surface area (Å²) in [6.07, 6.45) is 2.71. The van der Waals surface area contributed by atoms with E-state index in [4.69, 9.17) is 9.47 Å². The van der Waals surface area contributed by atoms with E-state index in [0.717, 1.165) is 12.1 Å². The van der Waals surface area contributed by atoms with Crippen molar-refractivity contribution in [3.05, 3.63) is 47.9 Å². The molecule has 1 amide bonds. The van der Waals surface area contributed by atoms with Crippen LogP contribution in [0.1, 0.15) is 23.3 Å². The first-order chi connectivity index (χ1) is 13.0. The highest BCUT2D eigenvalue weighted by Crippen LogP contribution is 2.32. The molecule has 0 radical (unpaired) electrons. The zero-order valence-electron chi connectivity index (χ0n) is 14.5. The highest BCUT2D eigenvalue weighted by atomic mass is 19.1. The summed E-state index contributed by atoms with van der Waals surface area (Å²) >= 11 is 0. The number of carbonyl (C=O) groups is 1. The Kier molecular flexibility index (Phi) is 4.71. The van der Waals surface area contributed by atoms with E-state index in [1.807, 2.05) is 4.90 Å². The van der Waals surface area contributed by atoms with Gasteiger partial charge in [-0.1, -0.05) is 0 Å². The molecular formula is C18H18F2N4O3. The third kappa shape index (κ3) is 3.74. The first-order valence-corrected chi connectivity index (χ1v) is 8.66. The highest BCUT2D eigenvalue weighted by Gasteiger charge is 2.40. The van der Waals surface area contributed by atoms with Crippen molar-refractivity contribution in [2.75, 3.05) is 36.5 Å². The number of rotatable bonds is 3. The SMILES string of the molecule is O=C(Nc1ccc(F)cc1F)c1cc(N2CCC3(CC2)OCCO3)ncn1. The van der Waals surface area contributed by atoms with Gasteiger partial charge in [0.25, 0.3) is 5.91 Å². The predicted octanol–water partition coefficient (Wildman–Crippen LogP) is 2.35. The van der Waals surface area contributed by atoms with Crippen molar-refractivity contribution >= 4 is 17.4 Å². The number of hydrogen-bond acceptors (Lipinski definition) is 6. The maximum absolute atomic E-state index is 13.7. The average molecular weight is 376 g/mol. The minimum atomic E-state index is -0.851. The zero-order chi connectivity index (χ0) is 18.9. The molecular weight excluding hydrogens is 358 g/mol. The third-order valence-electron chi connectivity index (χ3n) is 4.73. The van der Waals surface area contributed by atoms with Crippen molar-refractivity contribution in [2.24, 2.45) is 0 Å². The molecule has 0 bridgehead atoms. The number of halogens is 2. The second-order valence-electron chi connectivity index (χ2n) is 6.43. The fourth-order valence-corrected chi connectivity index (χ4v) is 3.28. The lowest BCUT2D eigenvalue weighted by molar-refractivity contribution is -0.169. The Morgan fingerprint density at radius 2 is 1.85 bits per heavy atom. The van der Waals surface area contributed by atoms with E-state index in [1.165, 1.54) is 6.33 Å². The van der Waals surface area contributed by atoms with E-state index < -0.39 is 23.3 Å². The molecule has 2 fully saturated rings. The van der Waals surface area contributed by atoms with Gasteiger partial charge < -0.3 is 19.7 Å². The third-order valence-corrected chi connectivity index (χ3v) is 4.73. The van der Waals surface area contributed by atoms with Gasteiger partial charge in [0.2, 0.25) is 0 Å². The predicted molar refractivity (Wildman–Crippen MR) is 92.4 cm³/mol. The monoisotopic (exact) mass is 376 g/mol. The molecule has 0 aliphatic carbocycles. The summed E-state index contributed by atoms with van der Waals surface area (Å²) in [5, 5.41) is 2.39. The lowest BCUT2D eigenvalue weighted by Gasteiger charge is -2.38. The molecule has 7 nitrogen and oxygen atoms in total. The summed E-state index contributed by atoms with van der Waals surface area (Å²) in [7, 11) is 0. The van der Waals surface area contributed by atoms with E-state index in [1.54, 1.807) is 6.07 Å². The molecule has 3 heterocycles. The van der Waals surface area contributed by atoms with Crippen molar-refractivity contribution in [1.29, 1.82) is 0 Å². The van der Waals surface area contributed by atoms with Gasteiger partial charge in [0, 0.05) is 38.1 Å². The summed E-state index contributed by atoms with van der Waals surface area (Å²) in [5.74, 6) is -2.06. The smallest absolute Gasteiger partial charge is 0.274 e. The molecule has 2 aliphatic rings. The molecule has 27 heavy (non-hydrogen) atoms. The quantitative estimate of drug-likeness (QED) is 0.886. The van der Waals surface area contributed by atoms with Crippen LogP contribution in [0.3, 0.4) is 0 Å². The van der Waals surface area contributed by atoms with Crippen LogP contribution < -0.4 is 10.2 Å². The van der Waals surface area contributed by atoms with Crippen molar-refractivity contribution < 1.29 is 23.0 Å². The van der Waals surface area contributed by atoms with Crippen LogP contribution in [-0.2, 0) is 9.47 Å². The molecule has 2 aromatic rings. The molecule has 4 rings (SSSR count). The van der Waals surface area contributed by atoms with Gasteiger partial charge in [-0.2, -0.15) is 0 Å². The number of ether oxygens (including phenoxy) is 2. The number of benzene rings is 1. The Morgan fingerprint density at radius 3 is 2.56 bits per heavy atom. The minimum absolute atomic E-state index is 0.0948. The largest absolute Gasteiger partial charge is 0.356 e. The molecule has 1 aromatic carbocycles. The second kappa shape index (κ2) is 7.16. The number of amides is 1. The van der Waals surface area contributed by atoms with E-state index >= 15 is 0 Å². The molecule has 9 heteroatoms. The van der Waals surface area contributed by atoms with Gasteiger partial charge >= 0.3 is 0 Å². The van der Waals surface area contributed by atoms with Crippen LogP contribution >= 0.6 is 0 Å². The number of nitrogens with zero attached hydrogens (tertiary/aromatic N) is 3. The number of anilines is 2. The maximum Gasteiger partial charge on any atom is 0.274 e. The van der Waals surface area contributed by atoms with Crippen molar-refractivity contribution in [3.63, 3.8) is 0 Å². The molecule has 0 unspecified atom stereocenters. The first-order valence-electron chi connectivity index (χ1n) is 8.66. The van der Waals surface area contributed by atoms with E-state index in [0.29, 0.717) is 51.0 Å². The van der Waals surface area contributed by atoms with Crippen LogP contribution in [0, 0.1) is 11.6 Å². The summed E-state index contributed by atoms with van der Waals surface area (Å²) < 4.78 is 38.1. The number of carbonyl (C=O) groups excluding carboxylic acids is 1. The Morgan fingerprint density at radius 1 is 1.11 bits per heavy atom. The van der Waals surface area contributed by atoms with Gasteiger partial charge in [-0.3, -0.25) is 4.79 Å². The van der Waals surface area contributed by atoms with Gasteiger partial charge in [0.1, 0.15) is 29.5 Å². The highest BCUT2D eigenvalue weighted by molar-refractivity contribution is 6.03. The first kappa shape index (κ1) is 17.7. The Bertz CT molecular complexity index is 848. The Labute approximate surface area is 154 Å². The summed E-state index contributed by atoms with van der Waals surface area (Å²) in [6.45, 7) is 2.56. The lowest BCUT2D eigenvalue weighted by Crippen LogP contribution is -2.45. The van der Waals surface area contributed by atoms with Gasteiger partial charge in [0.05, 0.1) is 18.9 Å². The molecule has 2 aliphatic heterocycles. The standard InChI is InChI=1S/C18H18F2N4O3/c19-12-1-2-14(13(20)9-12)23-17(25)15-10-16(22-11-21-15)24-5-3-18(4-6-24)26-7-8-27-18/h1-2,9-11H,3-8H2,(H,23,25). The van der Waals surface area contributed by atoms with Crippen LogP contribution in [0.5, 0.6) is 0 Å². The Balaban J connectivity index is 1.45. The van der Waals surface area contributed by atoms with E-state index in [9.17, 15) is 13.6 Å². The average Bonchev–Trinajstić information content (AvgIpc) is 3.12. The fraction of sp³-hybridized carbons (Fsp3) is 0.389. The van der Waals surface area contributed by atoms with Gasteiger partial charge in [-0.05, 0) is 12.1 Å². The normalized spacial score (nSPS) is 18.7. The lowest BCUT2D eigenvalue weighted by atomic mass is 10.0. The summed E-state index contributed by atoms with van der Waals surface area (Å²) in [4.78, 5) is 22.6. The zero-order valence-corrected chi connectivity index (χ0v) is 14.5. The van der Waals surface area contributed by atoms with Gasteiger partial charge in [-0.25, -0.2) is 18.7 Å². The topological polar surface area (TPSA) is 76.6 Å². The Hall–Kier alpha value is -2.65. The van der Waals surface area contributed by atoms with Crippen LogP contribution in [0.25, 0.3) is 0 Å². The summed E-state index contributed by atoms with van der Waals surface area (Å²) in [5.41, 5.74) is -0.0191. The van der Waals surface area contributed by atoms with Crippen molar-refractivity contribution in [2.45, 2.75) is 18.6 Å². The molecule has 2 saturated heterocycles. The molecule has 1 spiro atoms. The van der Waals surface area contributed by atoms with E-state index in [-0.39, 0.29) is 11.4 Å². The number of aromatic nitrogens is 2. The van der Waals surface area contributed by atoms with Gasteiger partial charge in [0.15, 0.2) is 5.79 Å². The van der Waals surface area contributed by atoms with Crippen LogP contribution in [0.2, 0.25) is 0 Å². The molecule has 142 valence electrons. The molecule has 1 N–H and O–H groups in total. The van der Waals surface area contributed by atoms with Gasteiger partial charge in [-0.15, -0.1) is 0 Å². The number of hydrogen-bond donors (Lipinski definition) is 1. The number of piperidine rings is 1. The van der Waals surface area contributed by atoms with Crippen molar-refractivity contribution in [1.82, 2.24) is 9.97 Å². The molecule has 1 aromatic heterocycles. The van der Waals surface area contributed by atoms with Crippen LogP contribution in [0.15, 0.2) is 30.6 Å². The molecule has 0 saturated carbocycles. The van der Waals surface area contributed by atoms with Crippen LogP contribution in [0.4, 0.5) is 20.3 Å². The van der Waals surface area contributed by atoms with Crippen molar-refractivity contribution in [3.8, 4) is 0 Å².